The van der Waals surface area contributed by atoms with Crippen LogP contribution in [0.2, 0.25) is 0 Å². The number of anilines is 1. The van der Waals surface area contributed by atoms with Gasteiger partial charge in [0.1, 0.15) is 13.1 Å². The summed E-state index contributed by atoms with van der Waals surface area (Å²) in [6.07, 6.45) is 0.169. The second kappa shape index (κ2) is 7.88. The first-order chi connectivity index (χ1) is 13.5. The van der Waals surface area contributed by atoms with Crippen molar-refractivity contribution >= 4 is 27.5 Å². The Morgan fingerprint density at radius 3 is 2.18 bits per heavy atom. The van der Waals surface area contributed by atoms with Crippen LogP contribution in [0.1, 0.15) is 6.42 Å². The molecule has 3 saturated heterocycles. The van der Waals surface area contributed by atoms with Crippen LogP contribution in [0.4, 0.5) is 5.69 Å². The molecule has 1 N–H and O–H groups in total. The van der Waals surface area contributed by atoms with Gasteiger partial charge in [0.05, 0.1) is 43.4 Å². The van der Waals surface area contributed by atoms with E-state index < -0.39 is 16.1 Å². The van der Waals surface area contributed by atoms with Gasteiger partial charge in [0.25, 0.3) is 5.91 Å². The molecule has 3 aliphatic rings. The molecule has 3 fully saturated rings. The predicted molar refractivity (Wildman–Crippen MR) is 98.4 cm³/mol. The Kier molecular flexibility index (Phi) is 5.48. The third kappa shape index (κ3) is 3.58. The van der Waals surface area contributed by atoms with Gasteiger partial charge in [-0.25, -0.2) is 13.3 Å². The van der Waals surface area contributed by atoms with Crippen molar-refractivity contribution in [1.29, 1.82) is 0 Å². The average molecular weight is 410 g/mol. The largest absolute Gasteiger partial charge is 0.379 e. The maximum absolute atomic E-state index is 12.8. The zero-order valence-corrected chi connectivity index (χ0v) is 16.3. The zero-order valence-electron chi connectivity index (χ0n) is 15.5. The number of rotatable bonds is 4. The molecule has 9 nitrogen and oxygen atoms in total. The lowest BCUT2D eigenvalue weighted by Gasteiger charge is -2.27. The van der Waals surface area contributed by atoms with Gasteiger partial charge in [-0.2, -0.15) is 4.31 Å². The molecule has 0 spiro atoms. The molecule has 0 aromatic heterocycles. The first-order valence-electron chi connectivity index (χ1n) is 9.45. The van der Waals surface area contributed by atoms with E-state index in [0.717, 1.165) is 4.90 Å². The molecule has 2 amide bonds. The highest BCUT2D eigenvalue weighted by molar-refractivity contribution is 7.89. The standard InChI is InChI=1S/C18H23N3O6S/c22-17-13-16(19-5-9-26-10-6-19)18(23)21(17)14-1-3-15(4-2-14)28(24,25)20-7-11-27-12-8-20/h1-4,16H,5-13H2/p+1/t16-/m0/s1. The SMILES string of the molecule is O=C1C[C@H]([NH+]2CCOCC2)C(=O)N1c1ccc(S(=O)(=O)N2CCOCC2)cc1. The van der Waals surface area contributed by atoms with E-state index >= 15 is 0 Å². The molecule has 28 heavy (non-hydrogen) atoms. The number of hydrogen-bond donors (Lipinski definition) is 1. The van der Waals surface area contributed by atoms with Crippen molar-refractivity contribution in [1.82, 2.24) is 4.31 Å². The Labute approximate surface area is 163 Å². The van der Waals surface area contributed by atoms with Crippen molar-refractivity contribution < 1.29 is 32.4 Å². The number of carbonyl (C=O) groups is 2. The second-order valence-corrected chi connectivity index (χ2v) is 9.04. The molecule has 0 radical (unpaired) electrons. The van der Waals surface area contributed by atoms with Crippen LogP contribution < -0.4 is 9.80 Å². The van der Waals surface area contributed by atoms with E-state index in [1.54, 1.807) is 0 Å². The van der Waals surface area contributed by atoms with Crippen molar-refractivity contribution in [2.75, 3.05) is 57.5 Å². The highest BCUT2D eigenvalue weighted by Crippen LogP contribution is 2.25. The number of benzene rings is 1. The smallest absolute Gasteiger partial charge is 0.292 e. The van der Waals surface area contributed by atoms with Gasteiger partial charge >= 0.3 is 0 Å². The third-order valence-corrected chi connectivity index (χ3v) is 7.39. The summed E-state index contributed by atoms with van der Waals surface area (Å²) in [5, 5.41) is 0. The van der Waals surface area contributed by atoms with E-state index in [1.165, 1.54) is 33.5 Å². The molecule has 3 aliphatic heterocycles. The van der Waals surface area contributed by atoms with E-state index in [1.807, 2.05) is 0 Å². The number of nitrogens with zero attached hydrogens (tertiary/aromatic N) is 2. The molecule has 0 unspecified atom stereocenters. The molecule has 1 aromatic carbocycles. The number of sulfonamides is 1. The molecule has 0 aliphatic carbocycles. The van der Waals surface area contributed by atoms with Crippen LogP contribution >= 0.6 is 0 Å². The summed E-state index contributed by atoms with van der Waals surface area (Å²) in [6, 6.07) is 5.57. The topological polar surface area (TPSA) is 97.7 Å². The van der Waals surface area contributed by atoms with Gasteiger partial charge in [0.15, 0.2) is 6.04 Å². The lowest BCUT2D eigenvalue weighted by Crippen LogP contribution is -3.18. The molecular formula is C18H24N3O6S+. The minimum Gasteiger partial charge on any atom is -0.379 e. The fourth-order valence-electron chi connectivity index (χ4n) is 3.91. The van der Waals surface area contributed by atoms with Gasteiger partial charge in [-0.1, -0.05) is 0 Å². The van der Waals surface area contributed by atoms with Gasteiger partial charge in [-0.3, -0.25) is 9.59 Å². The van der Waals surface area contributed by atoms with E-state index in [0.29, 0.717) is 58.3 Å². The number of hydrogen-bond acceptors (Lipinski definition) is 6. The van der Waals surface area contributed by atoms with Crippen LogP contribution in [0.5, 0.6) is 0 Å². The van der Waals surface area contributed by atoms with Crippen LogP contribution in [0, 0.1) is 0 Å². The number of quaternary nitrogens is 1. The van der Waals surface area contributed by atoms with Crippen molar-refractivity contribution in [2.45, 2.75) is 17.4 Å². The molecule has 10 heteroatoms. The third-order valence-electron chi connectivity index (χ3n) is 5.48. The minimum atomic E-state index is -3.61. The van der Waals surface area contributed by atoms with Gasteiger partial charge in [-0.05, 0) is 24.3 Å². The first kappa shape index (κ1) is 19.5. The van der Waals surface area contributed by atoms with Gasteiger partial charge in [0, 0.05) is 13.1 Å². The number of imide groups is 1. The fraction of sp³-hybridized carbons (Fsp3) is 0.556. The van der Waals surface area contributed by atoms with Crippen molar-refractivity contribution in [3.8, 4) is 0 Å². The summed E-state index contributed by atoms with van der Waals surface area (Å²) in [7, 11) is -3.61. The maximum Gasteiger partial charge on any atom is 0.292 e. The lowest BCUT2D eigenvalue weighted by atomic mass is 10.2. The summed E-state index contributed by atoms with van der Waals surface area (Å²) < 4.78 is 37.3. The maximum atomic E-state index is 12.8. The summed E-state index contributed by atoms with van der Waals surface area (Å²) in [4.78, 5) is 27.7. The molecule has 0 saturated carbocycles. The van der Waals surface area contributed by atoms with Crippen LogP contribution in [0.15, 0.2) is 29.2 Å². The van der Waals surface area contributed by atoms with Gasteiger partial charge in [0.2, 0.25) is 15.9 Å². The molecule has 152 valence electrons. The molecule has 0 bridgehead atoms. The van der Waals surface area contributed by atoms with Crippen molar-refractivity contribution in [3.05, 3.63) is 24.3 Å². The van der Waals surface area contributed by atoms with Crippen LogP contribution in [0.3, 0.4) is 0 Å². The van der Waals surface area contributed by atoms with Crippen LogP contribution in [0.25, 0.3) is 0 Å². The minimum absolute atomic E-state index is 0.146. The lowest BCUT2D eigenvalue weighted by molar-refractivity contribution is -0.922. The van der Waals surface area contributed by atoms with E-state index in [-0.39, 0.29) is 23.1 Å². The molecule has 1 aromatic rings. The Morgan fingerprint density at radius 2 is 1.54 bits per heavy atom. The van der Waals surface area contributed by atoms with E-state index in [2.05, 4.69) is 0 Å². The van der Waals surface area contributed by atoms with Crippen molar-refractivity contribution in [3.63, 3.8) is 0 Å². The second-order valence-electron chi connectivity index (χ2n) is 7.11. The van der Waals surface area contributed by atoms with Gasteiger partial charge in [-0.15, -0.1) is 0 Å². The first-order valence-corrected chi connectivity index (χ1v) is 10.9. The highest BCUT2D eigenvalue weighted by Gasteiger charge is 2.46. The molecular weight excluding hydrogens is 386 g/mol. The number of morpholine rings is 2. The van der Waals surface area contributed by atoms with Crippen LogP contribution in [-0.2, 0) is 29.1 Å². The van der Waals surface area contributed by atoms with Crippen LogP contribution in [-0.4, -0.2) is 83.2 Å². The number of nitrogens with one attached hydrogen (secondary N) is 1. The van der Waals surface area contributed by atoms with Gasteiger partial charge < -0.3 is 14.4 Å². The summed E-state index contributed by atoms with van der Waals surface area (Å²) >= 11 is 0. The Morgan fingerprint density at radius 1 is 0.929 bits per heavy atom. The van der Waals surface area contributed by atoms with Crippen molar-refractivity contribution in [2.24, 2.45) is 0 Å². The predicted octanol–water partition coefficient (Wildman–Crippen LogP) is -1.75. The molecule has 4 rings (SSSR count). The molecule has 1 atom stereocenters. The average Bonchev–Trinajstić information content (AvgIpc) is 3.03. The Balaban J connectivity index is 1.52. The highest BCUT2D eigenvalue weighted by atomic mass is 32.2. The monoisotopic (exact) mass is 410 g/mol. The number of amides is 2. The number of carbonyl (C=O) groups excluding carboxylic acids is 2. The molecule has 3 heterocycles. The van der Waals surface area contributed by atoms with E-state index in [4.69, 9.17) is 9.47 Å². The van der Waals surface area contributed by atoms with E-state index in [9.17, 15) is 18.0 Å². The summed E-state index contributed by atoms with van der Waals surface area (Å²) in [6.45, 7) is 3.96. The summed E-state index contributed by atoms with van der Waals surface area (Å²) in [5.74, 6) is -0.483. The quantitative estimate of drug-likeness (QED) is 0.592. The Bertz CT molecular complexity index is 845. The summed E-state index contributed by atoms with van der Waals surface area (Å²) in [5.41, 5.74) is 0.408. The fourth-order valence-corrected chi connectivity index (χ4v) is 5.32. The normalized spacial score (nSPS) is 25.4. The number of ether oxygens (including phenoxy) is 2. The zero-order chi connectivity index (χ0) is 19.7. The Hall–Kier alpha value is -1.85.